The maximum atomic E-state index is 6.20. The van der Waals surface area contributed by atoms with Gasteiger partial charge in [0.15, 0.2) is 11.6 Å². The number of aryl methyl sites for hydroxylation is 1. The molecule has 0 aromatic carbocycles. The molecule has 2 aliphatic rings. The molecule has 0 saturated heterocycles. The molecule has 1 unspecified atom stereocenters. The van der Waals surface area contributed by atoms with Crippen molar-refractivity contribution in [3.8, 4) is 11.6 Å². The second-order valence-electron chi connectivity index (χ2n) is 7.16. The first kappa shape index (κ1) is 16.7. The molecular weight excluding hydrogens is 364 g/mol. The van der Waals surface area contributed by atoms with E-state index in [1.807, 2.05) is 13.1 Å². The van der Waals surface area contributed by atoms with Crippen molar-refractivity contribution in [2.45, 2.75) is 58.0 Å². The Morgan fingerprint density at radius 3 is 2.70 bits per heavy atom. The van der Waals surface area contributed by atoms with E-state index in [2.05, 4.69) is 36.6 Å². The highest BCUT2D eigenvalue weighted by atomic mass is 35.5. The minimum atomic E-state index is 0.155. The van der Waals surface area contributed by atoms with E-state index < -0.39 is 0 Å². The lowest BCUT2D eigenvalue weighted by Crippen LogP contribution is -2.42. The molecule has 0 N–H and O–H groups in total. The van der Waals surface area contributed by atoms with Crippen LogP contribution < -0.4 is 4.90 Å². The van der Waals surface area contributed by atoms with Crippen LogP contribution in [0.4, 0.5) is 5.82 Å². The lowest BCUT2D eigenvalue weighted by Gasteiger charge is -2.41. The molecule has 27 heavy (non-hydrogen) atoms. The summed E-state index contributed by atoms with van der Waals surface area (Å²) in [6, 6.07) is 0.614. The quantitative estimate of drug-likeness (QED) is 0.688. The number of aromatic nitrogens is 7. The number of hydrogen-bond acceptors (Lipinski definition) is 6. The number of anilines is 1. The second kappa shape index (κ2) is 6.30. The number of halogens is 1. The summed E-state index contributed by atoms with van der Waals surface area (Å²) in [5, 5.41) is 9.19. The molecule has 0 bridgehead atoms. The molecule has 1 saturated carbocycles. The van der Waals surface area contributed by atoms with E-state index in [0.717, 1.165) is 29.6 Å². The Labute approximate surface area is 162 Å². The molecule has 1 aliphatic heterocycles. The summed E-state index contributed by atoms with van der Waals surface area (Å²) < 4.78 is 3.79. The summed E-state index contributed by atoms with van der Waals surface area (Å²) in [5.74, 6) is 3.29. The molecule has 3 aromatic heterocycles. The van der Waals surface area contributed by atoms with Gasteiger partial charge in [-0.3, -0.25) is 9.13 Å². The summed E-state index contributed by atoms with van der Waals surface area (Å²) >= 11 is 6.20. The molecule has 3 aromatic rings. The predicted octanol–water partition coefficient (Wildman–Crippen LogP) is 3.42. The molecule has 0 amide bonds. The summed E-state index contributed by atoms with van der Waals surface area (Å²) in [5.41, 5.74) is 0.934. The summed E-state index contributed by atoms with van der Waals surface area (Å²) in [7, 11) is 0. The Morgan fingerprint density at radius 2 is 2.00 bits per heavy atom. The second-order valence-corrected chi connectivity index (χ2v) is 7.49. The third-order valence-corrected chi connectivity index (χ3v) is 5.90. The molecule has 1 atom stereocenters. The van der Waals surface area contributed by atoms with Crippen LogP contribution in [-0.4, -0.2) is 40.3 Å². The Bertz CT molecular complexity index is 987. The van der Waals surface area contributed by atoms with Crippen molar-refractivity contribution in [1.82, 2.24) is 34.3 Å². The third kappa shape index (κ3) is 2.46. The van der Waals surface area contributed by atoms with Crippen molar-refractivity contribution in [3.05, 3.63) is 35.5 Å². The van der Waals surface area contributed by atoms with E-state index in [1.54, 1.807) is 17.0 Å². The first-order valence-corrected chi connectivity index (χ1v) is 9.83. The first-order chi connectivity index (χ1) is 13.2. The van der Waals surface area contributed by atoms with Gasteiger partial charge in [-0.15, -0.1) is 10.2 Å². The average molecular weight is 385 g/mol. The van der Waals surface area contributed by atoms with Crippen molar-refractivity contribution in [1.29, 1.82) is 0 Å². The predicted molar refractivity (Wildman–Crippen MR) is 102 cm³/mol. The highest BCUT2D eigenvalue weighted by molar-refractivity contribution is 6.28. The summed E-state index contributed by atoms with van der Waals surface area (Å²) in [6.07, 6.45) is 11.1. The number of hydrogen-bond donors (Lipinski definition) is 0. The lowest BCUT2D eigenvalue weighted by molar-refractivity contribution is 0.467. The number of rotatable bonds is 3. The highest BCUT2D eigenvalue weighted by Crippen LogP contribution is 2.43. The topological polar surface area (TPSA) is 77.5 Å². The fourth-order valence-corrected chi connectivity index (χ4v) is 4.60. The van der Waals surface area contributed by atoms with E-state index in [0.29, 0.717) is 17.3 Å². The van der Waals surface area contributed by atoms with Crippen LogP contribution in [-0.2, 0) is 0 Å². The van der Waals surface area contributed by atoms with E-state index in [4.69, 9.17) is 16.6 Å². The molecule has 5 rings (SSSR count). The Hall–Kier alpha value is -2.48. The van der Waals surface area contributed by atoms with Crippen LogP contribution in [0.1, 0.15) is 56.7 Å². The Balaban J connectivity index is 1.73. The van der Waals surface area contributed by atoms with Crippen LogP contribution in [0.5, 0.6) is 0 Å². The maximum absolute atomic E-state index is 6.20. The summed E-state index contributed by atoms with van der Waals surface area (Å²) in [4.78, 5) is 16.0. The number of imidazole rings is 1. The minimum absolute atomic E-state index is 0.155. The normalized spacial score (nSPS) is 19.4. The molecule has 140 valence electrons. The van der Waals surface area contributed by atoms with Crippen molar-refractivity contribution in [2.24, 2.45) is 0 Å². The molecule has 4 heterocycles. The van der Waals surface area contributed by atoms with Gasteiger partial charge < -0.3 is 4.90 Å². The van der Waals surface area contributed by atoms with Crippen molar-refractivity contribution >= 4 is 17.4 Å². The SMILES string of the molecule is CCC1c2nnc(C)n2-c2cnc(-n3ccnc3Cl)nc2N1C1CCCC1. The van der Waals surface area contributed by atoms with Crippen LogP contribution in [0, 0.1) is 6.92 Å². The van der Waals surface area contributed by atoms with Crippen LogP contribution in [0.2, 0.25) is 5.28 Å². The van der Waals surface area contributed by atoms with Gasteiger partial charge >= 0.3 is 0 Å². The van der Waals surface area contributed by atoms with Crippen molar-refractivity contribution in [2.75, 3.05) is 4.90 Å². The average Bonchev–Trinajstić information content (AvgIpc) is 3.42. The highest BCUT2D eigenvalue weighted by Gasteiger charge is 2.39. The smallest absolute Gasteiger partial charge is 0.238 e. The van der Waals surface area contributed by atoms with Crippen molar-refractivity contribution in [3.63, 3.8) is 0 Å². The molecule has 9 heteroatoms. The van der Waals surface area contributed by atoms with Gasteiger partial charge in [0.2, 0.25) is 11.2 Å². The molecular formula is C18H21ClN8. The van der Waals surface area contributed by atoms with Crippen LogP contribution in [0.25, 0.3) is 11.6 Å². The molecule has 8 nitrogen and oxygen atoms in total. The van der Waals surface area contributed by atoms with Gasteiger partial charge in [-0.05, 0) is 37.8 Å². The van der Waals surface area contributed by atoms with Crippen molar-refractivity contribution < 1.29 is 0 Å². The third-order valence-electron chi connectivity index (χ3n) is 5.62. The molecule has 0 spiro atoms. The fraction of sp³-hybridized carbons (Fsp3) is 0.500. The first-order valence-electron chi connectivity index (χ1n) is 9.46. The monoisotopic (exact) mass is 384 g/mol. The van der Waals surface area contributed by atoms with Gasteiger partial charge in [0, 0.05) is 18.4 Å². The fourth-order valence-electron chi connectivity index (χ4n) is 4.41. The van der Waals surface area contributed by atoms with Gasteiger partial charge in [-0.25, -0.2) is 9.97 Å². The molecule has 1 fully saturated rings. The van der Waals surface area contributed by atoms with Gasteiger partial charge in [0.1, 0.15) is 11.5 Å². The van der Waals surface area contributed by atoms with Gasteiger partial charge in [-0.1, -0.05) is 19.8 Å². The van der Waals surface area contributed by atoms with Gasteiger partial charge in [0.05, 0.1) is 12.2 Å². The van der Waals surface area contributed by atoms with E-state index >= 15 is 0 Å². The maximum Gasteiger partial charge on any atom is 0.238 e. The summed E-state index contributed by atoms with van der Waals surface area (Å²) in [6.45, 7) is 4.17. The zero-order valence-electron chi connectivity index (χ0n) is 15.4. The number of nitrogens with zero attached hydrogens (tertiary/aromatic N) is 8. The van der Waals surface area contributed by atoms with Crippen LogP contribution in [0.3, 0.4) is 0 Å². The van der Waals surface area contributed by atoms with E-state index in [1.165, 1.54) is 25.7 Å². The Morgan fingerprint density at radius 1 is 1.19 bits per heavy atom. The Kier molecular flexibility index (Phi) is 3.89. The van der Waals surface area contributed by atoms with Gasteiger partial charge in [0.25, 0.3) is 0 Å². The number of fused-ring (bicyclic) bond motifs is 3. The zero-order chi connectivity index (χ0) is 18.5. The lowest BCUT2D eigenvalue weighted by atomic mass is 10.0. The molecule has 1 aliphatic carbocycles. The van der Waals surface area contributed by atoms with Gasteiger partial charge in [-0.2, -0.15) is 4.98 Å². The van der Waals surface area contributed by atoms with Crippen LogP contribution >= 0.6 is 11.6 Å². The largest absolute Gasteiger partial charge is 0.341 e. The van der Waals surface area contributed by atoms with E-state index in [9.17, 15) is 0 Å². The standard InChI is InChI=1S/C18H21ClN8/c1-3-13-16-24-23-11(2)26(16)14-10-21-18(25-9-8-20-17(25)19)22-15(14)27(13)12-6-4-5-7-12/h8-10,12-13H,3-7H2,1-2H3. The zero-order valence-corrected chi connectivity index (χ0v) is 16.1. The molecule has 0 radical (unpaired) electrons. The van der Waals surface area contributed by atoms with E-state index in [-0.39, 0.29) is 6.04 Å². The van der Waals surface area contributed by atoms with Crippen LogP contribution in [0.15, 0.2) is 18.6 Å². The minimum Gasteiger partial charge on any atom is -0.341 e.